The summed E-state index contributed by atoms with van der Waals surface area (Å²) in [5.41, 5.74) is 0.911. The molecule has 1 aliphatic rings. The fourth-order valence-corrected chi connectivity index (χ4v) is 1.27. The van der Waals surface area contributed by atoms with Crippen LogP contribution in [0.3, 0.4) is 0 Å². The van der Waals surface area contributed by atoms with Crippen molar-refractivity contribution in [3.63, 3.8) is 0 Å². The van der Waals surface area contributed by atoms with E-state index in [0.29, 0.717) is 0 Å². The minimum atomic E-state index is -0.365. The molecule has 0 atom stereocenters. The summed E-state index contributed by atoms with van der Waals surface area (Å²) in [5.74, 6) is 0.730. The Morgan fingerprint density at radius 1 is 1.27 bits per heavy atom. The fourth-order valence-electron chi connectivity index (χ4n) is 1.27. The third kappa shape index (κ3) is 2.41. The molecule has 0 radical (unpaired) electrons. The normalized spacial score (nSPS) is 14.7. The number of hydrogen-bond acceptors (Lipinski definition) is 4. The molecule has 1 aromatic rings. The summed E-state index contributed by atoms with van der Waals surface area (Å²) >= 11 is 0. The second-order valence-electron chi connectivity index (χ2n) is 3.00. The van der Waals surface area contributed by atoms with E-state index in [4.69, 9.17) is 18.9 Å². The molecule has 4 nitrogen and oxygen atoms in total. The van der Waals surface area contributed by atoms with Crippen LogP contribution >= 0.6 is 0 Å². The van der Waals surface area contributed by atoms with Crippen LogP contribution in [0.15, 0.2) is 36.8 Å². The molecule has 2 rings (SSSR count). The maximum atomic E-state index is 5.30. The first-order valence-electron chi connectivity index (χ1n) is 4.58. The van der Waals surface area contributed by atoms with Crippen LogP contribution in [-0.4, -0.2) is 13.9 Å². The van der Waals surface area contributed by atoms with E-state index in [0.717, 1.165) is 11.3 Å². The van der Waals surface area contributed by atoms with Crippen molar-refractivity contribution in [3.8, 4) is 5.75 Å². The number of ether oxygens (including phenoxy) is 4. The number of benzene rings is 1. The summed E-state index contributed by atoms with van der Waals surface area (Å²) in [4.78, 5) is 0. The largest absolute Gasteiger partial charge is 0.468 e. The Morgan fingerprint density at radius 3 is 2.80 bits per heavy atom. The molecule has 0 N–H and O–H groups in total. The van der Waals surface area contributed by atoms with Crippen LogP contribution in [0.5, 0.6) is 5.75 Å². The summed E-state index contributed by atoms with van der Waals surface area (Å²) in [5, 5.41) is 0. The van der Waals surface area contributed by atoms with Crippen molar-refractivity contribution < 1.29 is 18.9 Å². The maximum absolute atomic E-state index is 5.30. The second kappa shape index (κ2) is 4.70. The monoisotopic (exact) mass is 208 g/mol. The highest BCUT2D eigenvalue weighted by atomic mass is 16.7. The molecule has 1 heterocycles. The average molecular weight is 208 g/mol. The van der Waals surface area contributed by atoms with Gasteiger partial charge in [0.25, 0.3) is 6.29 Å². The Bertz CT molecular complexity index is 340. The minimum absolute atomic E-state index is 0.230. The van der Waals surface area contributed by atoms with E-state index in [1.54, 1.807) is 7.11 Å². The van der Waals surface area contributed by atoms with E-state index in [9.17, 15) is 0 Å². The summed E-state index contributed by atoms with van der Waals surface area (Å²) in [7, 11) is 1.58. The molecule has 0 bridgehead atoms. The number of hydrogen-bond donors (Lipinski definition) is 0. The summed E-state index contributed by atoms with van der Waals surface area (Å²) in [6.07, 6.45) is 2.68. The van der Waals surface area contributed by atoms with E-state index in [1.807, 2.05) is 24.3 Å². The SMILES string of the molecule is COCOc1cccc(C2OC=CO2)c1. The predicted octanol–water partition coefficient (Wildman–Crippen LogP) is 2.19. The van der Waals surface area contributed by atoms with E-state index in [1.165, 1.54) is 12.5 Å². The fraction of sp³-hybridized carbons (Fsp3) is 0.273. The van der Waals surface area contributed by atoms with Crippen LogP contribution in [-0.2, 0) is 14.2 Å². The van der Waals surface area contributed by atoms with Crippen molar-refractivity contribution in [2.45, 2.75) is 6.29 Å². The molecule has 15 heavy (non-hydrogen) atoms. The molecule has 0 aliphatic carbocycles. The van der Waals surface area contributed by atoms with Crippen LogP contribution in [0.2, 0.25) is 0 Å². The van der Waals surface area contributed by atoms with Crippen molar-refractivity contribution in [1.29, 1.82) is 0 Å². The molecule has 4 heteroatoms. The Kier molecular flexibility index (Phi) is 3.09. The lowest BCUT2D eigenvalue weighted by molar-refractivity contribution is -0.0249. The zero-order valence-electron chi connectivity index (χ0n) is 8.38. The highest BCUT2D eigenvalue weighted by Gasteiger charge is 2.15. The highest BCUT2D eigenvalue weighted by Crippen LogP contribution is 2.26. The molecule has 0 fully saturated rings. The van der Waals surface area contributed by atoms with Crippen LogP contribution in [0.4, 0.5) is 0 Å². The van der Waals surface area contributed by atoms with Crippen molar-refractivity contribution >= 4 is 0 Å². The zero-order valence-corrected chi connectivity index (χ0v) is 8.38. The van der Waals surface area contributed by atoms with Crippen molar-refractivity contribution in [2.24, 2.45) is 0 Å². The van der Waals surface area contributed by atoms with Gasteiger partial charge in [-0.15, -0.1) is 0 Å². The molecular formula is C11H12O4. The van der Waals surface area contributed by atoms with Crippen molar-refractivity contribution in [2.75, 3.05) is 13.9 Å². The summed E-state index contributed by atoms with van der Waals surface area (Å²) in [6.45, 7) is 0.230. The molecule has 0 aromatic heterocycles. The van der Waals surface area contributed by atoms with Gasteiger partial charge in [0.1, 0.15) is 18.3 Å². The molecule has 0 amide bonds. The highest BCUT2D eigenvalue weighted by molar-refractivity contribution is 5.29. The van der Waals surface area contributed by atoms with Gasteiger partial charge in [-0.2, -0.15) is 0 Å². The third-order valence-electron chi connectivity index (χ3n) is 1.93. The predicted molar refractivity (Wildman–Crippen MR) is 53.0 cm³/mol. The molecular weight excluding hydrogens is 196 g/mol. The smallest absolute Gasteiger partial charge is 0.266 e. The van der Waals surface area contributed by atoms with E-state index in [-0.39, 0.29) is 13.1 Å². The molecule has 1 aromatic carbocycles. The van der Waals surface area contributed by atoms with Gasteiger partial charge in [0.15, 0.2) is 6.79 Å². The Hall–Kier alpha value is -1.68. The van der Waals surface area contributed by atoms with Gasteiger partial charge in [0.05, 0.1) is 0 Å². The van der Waals surface area contributed by atoms with Gasteiger partial charge in [-0.3, -0.25) is 0 Å². The van der Waals surface area contributed by atoms with Gasteiger partial charge in [-0.05, 0) is 12.1 Å². The van der Waals surface area contributed by atoms with Crippen LogP contribution in [0, 0.1) is 0 Å². The first-order chi connectivity index (χ1) is 7.40. The second-order valence-corrected chi connectivity index (χ2v) is 3.00. The van der Waals surface area contributed by atoms with Gasteiger partial charge in [0.2, 0.25) is 0 Å². The number of rotatable bonds is 4. The minimum Gasteiger partial charge on any atom is -0.468 e. The Morgan fingerprint density at radius 2 is 2.07 bits per heavy atom. The lowest BCUT2D eigenvalue weighted by Crippen LogP contribution is -2.01. The molecule has 0 saturated carbocycles. The van der Waals surface area contributed by atoms with Gasteiger partial charge < -0.3 is 18.9 Å². The first kappa shape index (κ1) is 9.86. The average Bonchev–Trinajstić information content (AvgIpc) is 2.80. The standard InChI is InChI=1S/C11H12O4/c1-12-8-15-10-4-2-3-9(7-10)11-13-5-6-14-11/h2-7,11H,8H2,1H3. The van der Waals surface area contributed by atoms with Crippen LogP contribution < -0.4 is 4.74 Å². The Labute approximate surface area is 88.0 Å². The Balaban J connectivity index is 2.04. The lowest BCUT2D eigenvalue weighted by Gasteiger charge is -2.11. The van der Waals surface area contributed by atoms with E-state index < -0.39 is 0 Å². The molecule has 0 spiro atoms. The van der Waals surface area contributed by atoms with E-state index in [2.05, 4.69) is 0 Å². The molecule has 80 valence electrons. The molecule has 1 aliphatic heterocycles. The van der Waals surface area contributed by atoms with Crippen LogP contribution in [0.1, 0.15) is 11.9 Å². The van der Waals surface area contributed by atoms with Gasteiger partial charge in [0, 0.05) is 12.7 Å². The van der Waals surface area contributed by atoms with Crippen molar-refractivity contribution in [1.82, 2.24) is 0 Å². The summed E-state index contributed by atoms with van der Waals surface area (Å²) in [6, 6.07) is 7.50. The van der Waals surface area contributed by atoms with Gasteiger partial charge in [-0.1, -0.05) is 12.1 Å². The van der Waals surface area contributed by atoms with Crippen molar-refractivity contribution in [3.05, 3.63) is 42.4 Å². The quantitative estimate of drug-likeness (QED) is 0.711. The zero-order chi connectivity index (χ0) is 10.5. The maximum Gasteiger partial charge on any atom is 0.266 e. The topological polar surface area (TPSA) is 36.9 Å². The summed E-state index contributed by atoms with van der Waals surface area (Å²) < 4.78 is 20.5. The van der Waals surface area contributed by atoms with Crippen LogP contribution in [0.25, 0.3) is 0 Å². The molecule has 0 unspecified atom stereocenters. The first-order valence-corrected chi connectivity index (χ1v) is 4.58. The molecule has 0 saturated heterocycles. The third-order valence-corrected chi connectivity index (χ3v) is 1.93. The van der Waals surface area contributed by atoms with Gasteiger partial charge in [-0.25, -0.2) is 0 Å². The van der Waals surface area contributed by atoms with E-state index >= 15 is 0 Å². The number of methoxy groups -OCH3 is 1. The lowest BCUT2D eigenvalue weighted by atomic mass is 10.2. The van der Waals surface area contributed by atoms with Gasteiger partial charge >= 0.3 is 0 Å².